The van der Waals surface area contributed by atoms with Crippen molar-refractivity contribution in [1.82, 2.24) is 29.7 Å². The molecular weight excluding hydrogens is 370 g/mol. The van der Waals surface area contributed by atoms with Crippen molar-refractivity contribution in [3.63, 3.8) is 0 Å². The van der Waals surface area contributed by atoms with Crippen LogP contribution in [0.1, 0.15) is 0 Å². The molecule has 4 heterocycles. The highest BCUT2D eigenvalue weighted by atomic mass is 16.5. The number of hydrogen-bond acceptors (Lipinski definition) is 9. The molecule has 29 heavy (non-hydrogen) atoms. The van der Waals surface area contributed by atoms with Crippen LogP contribution < -0.4 is 15.1 Å². The van der Waals surface area contributed by atoms with Gasteiger partial charge in [0, 0.05) is 59.9 Å². The molecule has 0 aromatic carbocycles. The molecule has 1 aliphatic rings. The van der Waals surface area contributed by atoms with Crippen LogP contribution in [0.25, 0.3) is 11.4 Å². The van der Waals surface area contributed by atoms with E-state index >= 15 is 0 Å². The first-order valence-electron chi connectivity index (χ1n) is 9.41. The smallest absolute Gasteiger partial charge is 0.226 e. The summed E-state index contributed by atoms with van der Waals surface area (Å²) in [6.45, 7) is 1.45. The summed E-state index contributed by atoms with van der Waals surface area (Å²) in [5.74, 6) is 2.12. The maximum absolute atomic E-state index is 5.72. The maximum Gasteiger partial charge on any atom is 0.226 e. The zero-order chi connectivity index (χ0) is 20.4. The van der Waals surface area contributed by atoms with Crippen molar-refractivity contribution in [3.05, 3.63) is 36.8 Å². The zero-order valence-corrected chi connectivity index (χ0v) is 17.0. The van der Waals surface area contributed by atoms with Gasteiger partial charge < -0.3 is 19.9 Å². The minimum absolute atomic E-state index is 0.0169. The van der Waals surface area contributed by atoms with Gasteiger partial charge in [-0.05, 0) is 18.2 Å². The van der Waals surface area contributed by atoms with E-state index in [2.05, 4.69) is 35.3 Å². The molecule has 1 fully saturated rings. The van der Waals surface area contributed by atoms with E-state index in [0.29, 0.717) is 11.9 Å². The molecule has 10 heteroatoms. The Bertz CT molecular complexity index is 974. The second-order valence-electron chi connectivity index (χ2n) is 7.14. The van der Waals surface area contributed by atoms with Crippen LogP contribution in [0.5, 0.6) is 0 Å². The number of methoxy groups -OCH3 is 1. The van der Waals surface area contributed by atoms with Crippen LogP contribution in [0, 0.1) is 0 Å². The van der Waals surface area contributed by atoms with Crippen molar-refractivity contribution >= 4 is 17.7 Å². The average Bonchev–Trinajstić information content (AvgIpc) is 3.34. The summed E-state index contributed by atoms with van der Waals surface area (Å²) in [7, 11) is 7.47. The number of ether oxygens (including phenoxy) is 1. The lowest BCUT2D eigenvalue weighted by atomic mass is 10.2. The third-order valence-electron chi connectivity index (χ3n) is 4.97. The summed E-state index contributed by atoms with van der Waals surface area (Å²) in [6.07, 6.45) is 5.27. The third kappa shape index (κ3) is 3.97. The second kappa shape index (κ2) is 8.00. The molecular formula is C19H25N9O. The molecule has 0 amide bonds. The molecule has 3 aromatic heterocycles. The lowest BCUT2D eigenvalue weighted by Crippen LogP contribution is -2.34. The van der Waals surface area contributed by atoms with Crippen molar-refractivity contribution in [1.29, 1.82) is 0 Å². The molecule has 4 rings (SSSR count). The molecule has 3 aromatic rings. The molecule has 0 aliphatic carbocycles. The molecule has 1 saturated heterocycles. The minimum Gasteiger partial charge on any atom is -0.377 e. The second-order valence-corrected chi connectivity index (χ2v) is 7.14. The molecule has 0 saturated carbocycles. The maximum atomic E-state index is 5.72. The van der Waals surface area contributed by atoms with Crippen LogP contribution >= 0.6 is 0 Å². The Hall–Kier alpha value is -3.27. The topological polar surface area (TPSA) is 97.1 Å². The largest absolute Gasteiger partial charge is 0.377 e. The van der Waals surface area contributed by atoms with Crippen LogP contribution in [-0.4, -0.2) is 76.2 Å². The van der Waals surface area contributed by atoms with Crippen LogP contribution in [-0.2, 0) is 11.8 Å². The van der Waals surface area contributed by atoms with Crippen LogP contribution in [0.15, 0.2) is 36.8 Å². The number of rotatable bonds is 6. The number of aromatic nitrogens is 6. The van der Waals surface area contributed by atoms with Gasteiger partial charge in [0.05, 0.1) is 23.5 Å². The van der Waals surface area contributed by atoms with E-state index in [0.717, 1.165) is 30.3 Å². The normalized spacial score (nSPS) is 18.8. The van der Waals surface area contributed by atoms with Crippen LogP contribution in [0.4, 0.5) is 17.7 Å². The van der Waals surface area contributed by atoms with Gasteiger partial charge in [0.15, 0.2) is 0 Å². The zero-order valence-electron chi connectivity index (χ0n) is 17.0. The fourth-order valence-electron chi connectivity index (χ4n) is 3.43. The first-order chi connectivity index (χ1) is 14.0. The first kappa shape index (κ1) is 19.1. The predicted octanol–water partition coefficient (Wildman–Crippen LogP) is 1.05. The van der Waals surface area contributed by atoms with Gasteiger partial charge in [0.2, 0.25) is 11.9 Å². The Morgan fingerprint density at radius 2 is 1.90 bits per heavy atom. The standard InChI is InChI=1S/C19H25N9O/c1-26(2)19-21-9-7-17(25-19)28-11-14(16(12-28)29-4)24-18-20-8-5-13(23-18)15-6-10-22-27(15)3/h5-10,14,16H,11-12H2,1-4H3,(H,20,23,24)/t14-,16+/m0/s1. The van der Waals surface area contributed by atoms with Gasteiger partial charge in [-0.2, -0.15) is 10.1 Å². The lowest BCUT2D eigenvalue weighted by molar-refractivity contribution is 0.112. The summed E-state index contributed by atoms with van der Waals surface area (Å²) in [4.78, 5) is 22.0. The van der Waals surface area contributed by atoms with Gasteiger partial charge in [0.1, 0.15) is 5.82 Å². The molecule has 1 N–H and O–H groups in total. The van der Waals surface area contributed by atoms with Crippen molar-refractivity contribution in [2.24, 2.45) is 7.05 Å². The number of anilines is 3. The summed E-state index contributed by atoms with van der Waals surface area (Å²) in [6, 6.07) is 5.75. The molecule has 0 unspecified atom stereocenters. The number of nitrogens with one attached hydrogen (secondary N) is 1. The molecule has 2 atom stereocenters. The number of hydrogen-bond donors (Lipinski definition) is 1. The average molecular weight is 395 g/mol. The Kier molecular flexibility index (Phi) is 5.26. The van der Waals surface area contributed by atoms with Gasteiger partial charge in [-0.3, -0.25) is 4.68 Å². The highest BCUT2D eigenvalue weighted by molar-refractivity contribution is 5.55. The van der Waals surface area contributed by atoms with Gasteiger partial charge in [0.25, 0.3) is 0 Å². The third-order valence-corrected chi connectivity index (χ3v) is 4.97. The van der Waals surface area contributed by atoms with Gasteiger partial charge in [-0.25, -0.2) is 15.0 Å². The van der Waals surface area contributed by atoms with E-state index in [-0.39, 0.29) is 12.1 Å². The Morgan fingerprint density at radius 3 is 2.62 bits per heavy atom. The molecule has 0 spiro atoms. The van der Waals surface area contributed by atoms with E-state index in [9.17, 15) is 0 Å². The van der Waals surface area contributed by atoms with Gasteiger partial charge in [-0.1, -0.05) is 0 Å². The van der Waals surface area contributed by atoms with Crippen molar-refractivity contribution in [2.75, 3.05) is 49.4 Å². The van der Waals surface area contributed by atoms with E-state index in [1.54, 1.807) is 30.4 Å². The SMILES string of the molecule is CO[C@@H]1CN(c2ccnc(N(C)C)n2)C[C@@H]1Nc1nccc(-c2ccnn2C)n1. The monoisotopic (exact) mass is 395 g/mol. The molecule has 0 bridgehead atoms. The molecule has 0 radical (unpaired) electrons. The highest BCUT2D eigenvalue weighted by Gasteiger charge is 2.34. The van der Waals surface area contributed by atoms with E-state index < -0.39 is 0 Å². The van der Waals surface area contributed by atoms with Crippen LogP contribution in [0.3, 0.4) is 0 Å². The van der Waals surface area contributed by atoms with Crippen molar-refractivity contribution in [3.8, 4) is 11.4 Å². The Labute approximate surface area is 169 Å². The fraction of sp³-hybridized carbons (Fsp3) is 0.421. The van der Waals surface area contributed by atoms with Crippen LogP contribution in [0.2, 0.25) is 0 Å². The minimum atomic E-state index is -0.0169. The van der Waals surface area contributed by atoms with E-state index in [1.165, 1.54) is 0 Å². The number of aryl methyl sites for hydroxylation is 1. The molecule has 10 nitrogen and oxygen atoms in total. The highest BCUT2D eigenvalue weighted by Crippen LogP contribution is 2.24. The van der Waals surface area contributed by atoms with Gasteiger partial charge in [-0.15, -0.1) is 0 Å². The summed E-state index contributed by atoms with van der Waals surface area (Å²) < 4.78 is 7.51. The Balaban J connectivity index is 1.52. The molecule has 1 aliphatic heterocycles. The lowest BCUT2D eigenvalue weighted by Gasteiger charge is -2.19. The van der Waals surface area contributed by atoms with E-state index in [4.69, 9.17) is 4.74 Å². The number of nitrogens with zero attached hydrogens (tertiary/aromatic N) is 8. The van der Waals surface area contributed by atoms with Crippen molar-refractivity contribution in [2.45, 2.75) is 12.1 Å². The summed E-state index contributed by atoms with van der Waals surface area (Å²) >= 11 is 0. The predicted molar refractivity (Wildman–Crippen MR) is 111 cm³/mol. The first-order valence-corrected chi connectivity index (χ1v) is 9.41. The van der Waals surface area contributed by atoms with Gasteiger partial charge >= 0.3 is 0 Å². The quantitative estimate of drug-likeness (QED) is 0.657. The summed E-state index contributed by atoms with van der Waals surface area (Å²) in [5, 5.41) is 7.64. The Morgan fingerprint density at radius 1 is 1.07 bits per heavy atom. The van der Waals surface area contributed by atoms with Crippen molar-refractivity contribution < 1.29 is 4.74 Å². The van der Waals surface area contributed by atoms with E-state index in [1.807, 2.05) is 44.2 Å². The summed E-state index contributed by atoms with van der Waals surface area (Å²) in [5.41, 5.74) is 1.75. The molecule has 152 valence electrons. The fourth-order valence-corrected chi connectivity index (χ4v) is 3.43.